The fourth-order valence-electron chi connectivity index (χ4n) is 3.99. The zero-order chi connectivity index (χ0) is 27.0. The highest BCUT2D eigenvalue weighted by atomic mass is 35.5. The van der Waals surface area contributed by atoms with Crippen LogP contribution in [0.3, 0.4) is 0 Å². The molecule has 0 aliphatic heterocycles. The largest absolute Gasteiger partial charge is 0.490 e. The molecule has 0 aliphatic rings. The minimum atomic E-state index is 0.353. The number of aryl methyl sites for hydroxylation is 1. The second kappa shape index (κ2) is 12.6. The van der Waals surface area contributed by atoms with E-state index >= 15 is 0 Å². The lowest BCUT2D eigenvalue weighted by Gasteiger charge is -2.13. The average Bonchev–Trinajstić information content (AvgIpc) is 3.38. The van der Waals surface area contributed by atoms with Gasteiger partial charge in [-0.05, 0) is 49.2 Å². The van der Waals surface area contributed by atoms with Crippen LogP contribution in [-0.4, -0.2) is 17.8 Å². The van der Waals surface area contributed by atoms with Gasteiger partial charge in [0.2, 0.25) is 5.13 Å². The molecular weight excluding hydrogens is 526 g/mol. The first-order valence-electron chi connectivity index (χ1n) is 12.7. The molecule has 39 heavy (non-hydrogen) atoms. The molecule has 1 N–H and O–H groups in total. The van der Waals surface area contributed by atoms with E-state index in [1.807, 2.05) is 67.6 Å². The molecule has 0 atom stereocenters. The molecule has 0 fully saturated rings. The molecule has 1 heterocycles. The predicted octanol–water partition coefficient (Wildman–Crippen LogP) is 8.86. The van der Waals surface area contributed by atoms with Crippen molar-refractivity contribution in [3.8, 4) is 33.2 Å². The van der Waals surface area contributed by atoms with E-state index in [1.54, 1.807) is 17.6 Å². The number of hydrogen-bond donors (Lipinski definition) is 1. The molecular formula is C32H28ClN3O2S. The van der Waals surface area contributed by atoms with Gasteiger partial charge in [0.15, 0.2) is 11.5 Å². The minimum Gasteiger partial charge on any atom is -0.490 e. The van der Waals surface area contributed by atoms with Gasteiger partial charge in [-0.1, -0.05) is 101 Å². The molecule has 5 aromatic rings. The molecule has 1 aromatic heterocycles. The maximum Gasteiger partial charge on any atom is 0.204 e. The smallest absolute Gasteiger partial charge is 0.204 e. The standard InChI is InChI=1S/C32H28ClN3O2S/c1-3-37-29-19-23(15-18-28(29)38-21-26-11-7-8-12-27(26)33)20-34-36-32-35-30(24-16-13-22(2)14-17-24)31(39-32)25-9-5-4-6-10-25/h4-20H,3,21H2,1-2H3,(H,35,36)/b34-20-. The molecule has 0 saturated heterocycles. The van der Waals surface area contributed by atoms with Crippen LogP contribution in [-0.2, 0) is 6.61 Å². The molecule has 4 aromatic carbocycles. The summed E-state index contributed by atoms with van der Waals surface area (Å²) in [5.41, 5.74) is 9.24. The van der Waals surface area contributed by atoms with Crippen LogP contribution in [0.5, 0.6) is 11.5 Å². The van der Waals surface area contributed by atoms with E-state index in [0.717, 1.165) is 32.8 Å². The van der Waals surface area contributed by atoms with Crippen LogP contribution in [0.1, 0.15) is 23.6 Å². The Bertz CT molecular complexity index is 1570. The van der Waals surface area contributed by atoms with Gasteiger partial charge < -0.3 is 9.47 Å². The van der Waals surface area contributed by atoms with Crippen LogP contribution in [0, 0.1) is 6.92 Å². The van der Waals surface area contributed by atoms with E-state index < -0.39 is 0 Å². The predicted molar refractivity (Wildman–Crippen MR) is 162 cm³/mol. The monoisotopic (exact) mass is 553 g/mol. The highest BCUT2D eigenvalue weighted by Crippen LogP contribution is 2.39. The zero-order valence-electron chi connectivity index (χ0n) is 21.7. The molecule has 0 unspecified atom stereocenters. The van der Waals surface area contributed by atoms with Gasteiger partial charge in [0, 0.05) is 16.1 Å². The van der Waals surface area contributed by atoms with Crippen LogP contribution in [0.15, 0.2) is 102 Å². The summed E-state index contributed by atoms with van der Waals surface area (Å²) in [5, 5.41) is 5.85. The quantitative estimate of drug-likeness (QED) is 0.139. The molecule has 0 radical (unpaired) electrons. The number of aromatic nitrogens is 1. The number of hydrogen-bond acceptors (Lipinski definition) is 6. The Morgan fingerprint density at radius 3 is 2.41 bits per heavy atom. The Labute approximate surface area is 237 Å². The summed E-state index contributed by atoms with van der Waals surface area (Å²) in [4.78, 5) is 5.97. The van der Waals surface area contributed by atoms with Crippen LogP contribution >= 0.6 is 22.9 Å². The summed E-state index contributed by atoms with van der Waals surface area (Å²) in [7, 11) is 0. The number of nitrogens with zero attached hydrogens (tertiary/aromatic N) is 2. The fourth-order valence-corrected chi connectivity index (χ4v) is 5.12. The number of halogens is 1. The summed E-state index contributed by atoms with van der Waals surface area (Å²) in [5.74, 6) is 1.30. The van der Waals surface area contributed by atoms with Crippen molar-refractivity contribution < 1.29 is 9.47 Å². The van der Waals surface area contributed by atoms with E-state index in [9.17, 15) is 0 Å². The van der Waals surface area contributed by atoms with Gasteiger partial charge in [-0.25, -0.2) is 4.98 Å². The number of rotatable bonds is 10. The topological polar surface area (TPSA) is 55.7 Å². The van der Waals surface area contributed by atoms with Crippen LogP contribution < -0.4 is 14.9 Å². The fraction of sp³-hybridized carbons (Fsp3) is 0.125. The third-order valence-corrected chi connectivity index (χ3v) is 7.35. The molecule has 0 aliphatic carbocycles. The van der Waals surface area contributed by atoms with Crippen LogP contribution in [0.25, 0.3) is 21.7 Å². The number of benzene rings is 4. The Hall–Kier alpha value is -4.13. The van der Waals surface area contributed by atoms with E-state index in [1.165, 1.54) is 5.56 Å². The SMILES string of the molecule is CCOc1cc(/C=N\Nc2nc(-c3ccc(C)cc3)c(-c3ccccc3)s2)ccc1OCc1ccccc1Cl. The summed E-state index contributed by atoms with van der Waals surface area (Å²) >= 11 is 7.85. The van der Waals surface area contributed by atoms with Crippen molar-refractivity contribution in [1.82, 2.24) is 4.98 Å². The minimum absolute atomic E-state index is 0.353. The number of thiazole rings is 1. The molecule has 0 bridgehead atoms. The van der Waals surface area contributed by atoms with E-state index in [0.29, 0.717) is 34.9 Å². The van der Waals surface area contributed by atoms with Crippen molar-refractivity contribution in [3.05, 3.63) is 119 Å². The molecule has 0 amide bonds. The number of nitrogens with one attached hydrogen (secondary N) is 1. The third kappa shape index (κ3) is 6.66. The van der Waals surface area contributed by atoms with Gasteiger partial charge in [0.1, 0.15) is 6.61 Å². The van der Waals surface area contributed by atoms with Crippen LogP contribution in [0.2, 0.25) is 5.02 Å². The maximum absolute atomic E-state index is 6.27. The first-order valence-corrected chi connectivity index (χ1v) is 13.9. The first-order chi connectivity index (χ1) is 19.1. The van der Waals surface area contributed by atoms with Gasteiger partial charge in [-0.2, -0.15) is 5.10 Å². The lowest BCUT2D eigenvalue weighted by molar-refractivity contribution is 0.269. The van der Waals surface area contributed by atoms with Crippen molar-refractivity contribution in [2.45, 2.75) is 20.5 Å². The molecule has 196 valence electrons. The van der Waals surface area contributed by atoms with E-state index in [-0.39, 0.29) is 0 Å². The summed E-state index contributed by atoms with van der Waals surface area (Å²) in [6.07, 6.45) is 1.75. The Morgan fingerprint density at radius 2 is 1.64 bits per heavy atom. The Morgan fingerprint density at radius 1 is 0.872 bits per heavy atom. The summed E-state index contributed by atoms with van der Waals surface area (Å²) in [6, 6.07) is 32.1. The maximum atomic E-state index is 6.27. The first kappa shape index (κ1) is 26.5. The lowest BCUT2D eigenvalue weighted by atomic mass is 10.1. The second-order valence-corrected chi connectivity index (χ2v) is 10.2. The molecule has 5 rings (SSSR count). The summed E-state index contributed by atoms with van der Waals surface area (Å²) < 4.78 is 11.9. The van der Waals surface area contributed by atoms with Crippen molar-refractivity contribution in [3.63, 3.8) is 0 Å². The highest BCUT2D eigenvalue weighted by molar-refractivity contribution is 7.19. The molecule has 5 nitrogen and oxygen atoms in total. The Kier molecular flexibility index (Phi) is 8.56. The average molecular weight is 554 g/mol. The number of ether oxygens (including phenoxy) is 2. The second-order valence-electron chi connectivity index (χ2n) is 8.82. The van der Waals surface area contributed by atoms with Crippen molar-refractivity contribution in [1.29, 1.82) is 0 Å². The van der Waals surface area contributed by atoms with E-state index in [2.05, 4.69) is 53.8 Å². The normalized spacial score (nSPS) is 11.1. The molecule has 7 heteroatoms. The third-order valence-electron chi connectivity index (χ3n) is 5.97. The lowest BCUT2D eigenvalue weighted by Crippen LogP contribution is -2.01. The van der Waals surface area contributed by atoms with Gasteiger partial charge in [-0.3, -0.25) is 5.43 Å². The number of hydrazone groups is 1. The van der Waals surface area contributed by atoms with E-state index in [4.69, 9.17) is 26.1 Å². The van der Waals surface area contributed by atoms with Gasteiger partial charge in [0.05, 0.1) is 23.4 Å². The van der Waals surface area contributed by atoms with Gasteiger partial charge in [0.25, 0.3) is 0 Å². The molecule has 0 saturated carbocycles. The Balaban J connectivity index is 1.34. The van der Waals surface area contributed by atoms with Crippen molar-refractivity contribution >= 4 is 34.3 Å². The number of anilines is 1. The van der Waals surface area contributed by atoms with Gasteiger partial charge in [-0.15, -0.1) is 0 Å². The molecule has 0 spiro atoms. The van der Waals surface area contributed by atoms with Crippen LogP contribution in [0.4, 0.5) is 5.13 Å². The van der Waals surface area contributed by atoms with Crippen molar-refractivity contribution in [2.75, 3.05) is 12.0 Å². The van der Waals surface area contributed by atoms with Gasteiger partial charge >= 0.3 is 0 Å². The van der Waals surface area contributed by atoms with Crippen molar-refractivity contribution in [2.24, 2.45) is 5.10 Å². The summed E-state index contributed by atoms with van der Waals surface area (Å²) in [6.45, 7) is 4.90. The highest BCUT2D eigenvalue weighted by Gasteiger charge is 2.15. The zero-order valence-corrected chi connectivity index (χ0v) is 23.3.